The van der Waals surface area contributed by atoms with Gasteiger partial charge >= 0.3 is 11.9 Å². The van der Waals surface area contributed by atoms with Crippen molar-refractivity contribution >= 4 is 52.4 Å². The molecule has 1 aliphatic heterocycles. The summed E-state index contributed by atoms with van der Waals surface area (Å²) in [7, 11) is 0. The number of rotatable bonds is 18. The number of nitrogens with zero attached hydrogens (tertiary/aromatic N) is 2. The third-order valence-electron chi connectivity index (χ3n) is 7.93. The first-order chi connectivity index (χ1) is 22.8. The molecule has 0 unspecified atom stereocenters. The first-order valence-corrected chi connectivity index (χ1v) is 15.4. The zero-order valence-corrected chi connectivity index (χ0v) is 26.3. The number of carboxylic acids is 2. The molecule has 262 valence electrons. The zero-order valence-electron chi connectivity index (χ0n) is 26.3. The number of H-pyrrole nitrogens is 1. The van der Waals surface area contributed by atoms with Crippen molar-refractivity contribution in [3.63, 3.8) is 0 Å². The van der Waals surface area contributed by atoms with Crippen molar-refractivity contribution < 1.29 is 44.1 Å². The number of hydrogen-bond donors (Lipinski definition) is 10. The fourth-order valence-electron chi connectivity index (χ4n) is 5.41. The second-order valence-electron chi connectivity index (χ2n) is 11.4. The number of aromatic nitrogens is 1. The van der Waals surface area contributed by atoms with Gasteiger partial charge in [-0.15, -0.1) is 0 Å². The normalized spacial score (nSPS) is 16.7. The summed E-state index contributed by atoms with van der Waals surface area (Å²) in [6.45, 7) is -0.610. The minimum atomic E-state index is -1.62. The molecule has 1 fully saturated rings. The summed E-state index contributed by atoms with van der Waals surface area (Å²) in [6, 6.07) is 1.05. The largest absolute Gasteiger partial charge is 0.481 e. The first-order valence-electron chi connectivity index (χ1n) is 15.4. The SMILES string of the molecule is NC(N)=NCCC[C@H](NC(=O)[C@@H]1CCCN1C(=O)[C@H](Cc1c[nH]c2ccccc12)NC(=O)[C@@H](N)CCC(=O)O)C(=O)N[C@@H](CO)C(=O)O. The van der Waals surface area contributed by atoms with Crippen LogP contribution in [0.25, 0.3) is 10.9 Å². The van der Waals surface area contributed by atoms with Crippen molar-refractivity contribution in [3.05, 3.63) is 36.0 Å². The number of aliphatic hydroxyl groups excluding tert-OH is 1. The van der Waals surface area contributed by atoms with Gasteiger partial charge in [0.25, 0.3) is 0 Å². The van der Waals surface area contributed by atoms with E-state index in [4.69, 9.17) is 22.3 Å². The van der Waals surface area contributed by atoms with Crippen LogP contribution in [0.15, 0.2) is 35.5 Å². The highest BCUT2D eigenvalue weighted by Crippen LogP contribution is 2.23. The number of aromatic amines is 1. The lowest BCUT2D eigenvalue weighted by Crippen LogP contribution is -2.58. The van der Waals surface area contributed by atoms with Crippen molar-refractivity contribution in [2.24, 2.45) is 22.2 Å². The van der Waals surface area contributed by atoms with Crippen LogP contribution in [0.4, 0.5) is 0 Å². The van der Waals surface area contributed by atoms with Gasteiger partial charge in [-0.2, -0.15) is 0 Å². The molecule has 1 aromatic carbocycles. The van der Waals surface area contributed by atoms with E-state index in [2.05, 4.69) is 25.9 Å². The molecule has 2 aromatic rings. The number of aliphatic carboxylic acids is 2. The molecule has 48 heavy (non-hydrogen) atoms. The number of carbonyl (C=O) groups is 6. The molecule has 0 aliphatic carbocycles. The van der Waals surface area contributed by atoms with E-state index in [1.54, 1.807) is 6.20 Å². The molecule has 0 bridgehead atoms. The molecule has 0 saturated carbocycles. The average Bonchev–Trinajstić information content (AvgIpc) is 3.70. The van der Waals surface area contributed by atoms with Crippen molar-refractivity contribution in [1.82, 2.24) is 25.8 Å². The Balaban J connectivity index is 1.83. The molecule has 3 rings (SSSR count). The predicted octanol–water partition coefficient (Wildman–Crippen LogP) is -2.52. The number of aliphatic hydroxyl groups is 1. The van der Waals surface area contributed by atoms with Gasteiger partial charge in [-0.25, -0.2) is 4.79 Å². The summed E-state index contributed by atoms with van der Waals surface area (Å²) < 4.78 is 0. The fraction of sp³-hybridized carbons (Fsp3) is 0.500. The van der Waals surface area contributed by atoms with Crippen molar-refractivity contribution in [2.45, 2.75) is 75.2 Å². The van der Waals surface area contributed by atoms with E-state index in [1.165, 1.54) is 4.90 Å². The van der Waals surface area contributed by atoms with Crippen LogP contribution in [0.5, 0.6) is 0 Å². The highest BCUT2D eigenvalue weighted by molar-refractivity contribution is 5.96. The lowest BCUT2D eigenvalue weighted by atomic mass is 10.0. The maximum atomic E-state index is 14.1. The van der Waals surface area contributed by atoms with Gasteiger partial charge in [0.15, 0.2) is 5.96 Å². The van der Waals surface area contributed by atoms with E-state index in [0.29, 0.717) is 12.0 Å². The second kappa shape index (κ2) is 17.6. The number of nitrogens with two attached hydrogens (primary N) is 3. The van der Waals surface area contributed by atoms with E-state index >= 15 is 0 Å². The Bertz CT molecular complexity index is 1510. The number of guanidine groups is 1. The summed E-state index contributed by atoms with van der Waals surface area (Å²) in [6.07, 6.45) is 2.12. The quantitative estimate of drug-likeness (QED) is 0.0445. The number of nitrogens with one attached hydrogen (secondary N) is 4. The molecule has 18 heteroatoms. The first kappa shape index (κ1) is 37.2. The van der Waals surface area contributed by atoms with E-state index < -0.39 is 72.4 Å². The number of carbonyl (C=O) groups excluding carboxylic acids is 4. The van der Waals surface area contributed by atoms with E-state index in [9.17, 15) is 39.0 Å². The smallest absolute Gasteiger partial charge is 0.328 e. The van der Waals surface area contributed by atoms with Gasteiger partial charge in [0.05, 0.1) is 12.6 Å². The Morgan fingerprint density at radius 3 is 2.35 bits per heavy atom. The Morgan fingerprint density at radius 1 is 0.979 bits per heavy atom. The number of benzene rings is 1. The molecule has 1 saturated heterocycles. The number of amides is 4. The highest BCUT2D eigenvalue weighted by atomic mass is 16.4. The van der Waals surface area contributed by atoms with Gasteiger partial charge in [0.2, 0.25) is 23.6 Å². The van der Waals surface area contributed by atoms with Crippen LogP contribution < -0.4 is 33.2 Å². The summed E-state index contributed by atoms with van der Waals surface area (Å²) in [5, 5.41) is 35.9. The minimum Gasteiger partial charge on any atom is -0.481 e. The van der Waals surface area contributed by atoms with Crippen LogP contribution in [0.1, 0.15) is 44.1 Å². The molecule has 18 nitrogen and oxygen atoms in total. The molecule has 0 spiro atoms. The molecule has 1 aliphatic rings. The molecular weight excluding hydrogens is 630 g/mol. The second-order valence-corrected chi connectivity index (χ2v) is 11.4. The Hall–Kier alpha value is -5.23. The number of carboxylic acid groups (broad SMARTS) is 2. The van der Waals surface area contributed by atoms with Gasteiger partial charge in [-0.05, 0) is 43.7 Å². The number of fused-ring (bicyclic) bond motifs is 1. The van der Waals surface area contributed by atoms with Crippen LogP contribution in [-0.4, -0.2) is 117 Å². The third-order valence-corrected chi connectivity index (χ3v) is 7.93. The summed E-state index contributed by atoms with van der Waals surface area (Å²) in [5.74, 6) is -5.66. The lowest BCUT2D eigenvalue weighted by Gasteiger charge is -2.30. The summed E-state index contributed by atoms with van der Waals surface area (Å²) in [4.78, 5) is 84.4. The number of aliphatic imine (C=N–C) groups is 1. The van der Waals surface area contributed by atoms with Crippen LogP contribution in [0.2, 0.25) is 0 Å². The Morgan fingerprint density at radius 2 is 1.69 bits per heavy atom. The number of likely N-dealkylation sites (tertiary alicyclic amines) is 1. The minimum absolute atomic E-state index is 0.000263. The molecule has 1 aromatic heterocycles. The Kier molecular flexibility index (Phi) is 13.7. The number of hydrogen-bond acceptors (Lipinski definition) is 9. The average molecular weight is 674 g/mol. The molecule has 0 radical (unpaired) electrons. The van der Waals surface area contributed by atoms with E-state index in [0.717, 1.165) is 10.9 Å². The standard InChI is InChI=1S/C30H43N9O9/c31-18(9-10-24(41)42)25(43)37-21(13-16-14-35-19-6-2-1-5-17(16)19)28(46)39-12-4-8-23(39)27(45)36-20(7-3-11-34-30(32)33)26(44)38-22(15-40)29(47)48/h1-2,5-6,14,18,20-23,35,40H,3-4,7-13,15,31H2,(H,36,45)(H,37,43)(H,38,44)(H,41,42)(H,47,48)(H4,32,33,34)/t18-,20-,21-,22-,23-/m0/s1. The monoisotopic (exact) mass is 673 g/mol. The van der Waals surface area contributed by atoms with Crippen LogP contribution in [-0.2, 0) is 35.2 Å². The molecule has 5 atom stereocenters. The molecule has 4 amide bonds. The van der Waals surface area contributed by atoms with E-state index in [-0.39, 0.29) is 57.6 Å². The molecular formula is C30H43N9O9. The molecule has 13 N–H and O–H groups in total. The maximum absolute atomic E-state index is 14.1. The fourth-order valence-corrected chi connectivity index (χ4v) is 5.41. The summed E-state index contributed by atoms with van der Waals surface area (Å²) in [5.41, 5.74) is 18.1. The van der Waals surface area contributed by atoms with Gasteiger partial charge in [0, 0.05) is 43.0 Å². The highest BCUT2D eigenvalue weighted by Gasteiger charge is 2.39. The van der Waals surface area contributed by atoms with Crippen molar-refractivity contribution in [1.29, 1.82) is 0 Å². The van der Waals surface area contributed by atoms with Crippen molar-refractivity contribution in [2.75, 3.05) is 19.7 Å². The lowest BCUT2D eigenvalue weighted by molar-refractivity contribution is -0.144. The Labute approximate surface area is 275 Å². The zero-order chi connectivity index (χ0) is 35.4. The van der Waals surface area contributed by atoms with Gasteiger partial charge in [0.1, 0.15) is 24.2 Å². The van der Waals surface area contributed by atoms with Gasteiger partial charge < -0.3 is 58.4 Å². The maximum Gasteiger partial charge on any atom is 0.328 e. The van der Waals surface area contributed by atoms with Gasteiger partial charge in [-0.1, -0.05) is 18.2 Å². The van der Waals surface area contributed by atoms with Crippen LogP contribution in [0.3, 0.4) is 0 Å². The van der Waals surface area contributed by atoms with Crippen molar-refractivity contribution in [3.8, 4) is 0 Å². The summed E-state index contributed by atoms with van der Waals surface area (Å²) >= 11 is 0. The number of para-hydroxylation sites is 1. The van der Waals surface area contributed by atoms with Gasteiger partial charge in [-0.3, -0.25) is 29.0 Å². The predicted molar refractivity (Wildman–Crippen MR) is 172 cm³/mol. The van der Waals surface area contributed by atoms with Crippen LogP contribution >= 0.6 is 0 Å². The molecule has 2 heterocycles. The third kappa shape index (κ3) is 10.4. The topological polar surface area (TPSA) is 309 Å². The van der Waals surface area contributed by atoms with E-state index in [1.807, 2.05) is 24.3 Å². The van der Waals surface area contributed by atoms with Crippen LogP contribution in [0, 0.1) is 0 Å².